The van der Waals surface area contributed by atoms with Gasteiger partial charge in [0.1, 0.15) is 11.4 Å². The van der Waals surface area contributed by atoms with Gasteiger partial charge in [0.05, 0.1) is 15.9 Å². The fourth-order valence-corrected chi connectivity index (χ4v) is 4.64. The number of anilines is 2. The van der Waals surface area contributed by atoms with Crippen LogP contribution in [0.1, 0.15) is 12.5 Å². The molecule has 0 unspecified atom stereocenters. The second kappa shape index (κ2) is 12.1. The molecule has 1 aliphatic rings. The first-order valence-electron chi connectivity index (χ1n) is 11.4. The van der Waals surface area contributed by atoms with Gasteiger partial charge >= 0.3 is 0 Å². The first-order valence-corrected chi connectivity index (χ1v) is 12.9. The van der Waals surface area contributed by atoms with Crippen LogP contribution in [0.15, 0.2) is 72.3 Å². The quantitative estimate of drug-likeness (QED) is 0.160. The van der Waals surface area contributed by atoms with Crippen LogP contribution in [0.5, 0.6) is 11.5 Å². The van der Waals surface area contributed by atoms with Crippen LogP contribution in [0, 0.1) is 9.39 Å². The molecule has 0 saturated carbocycles. The SMILES string of the molecule is CCOc1cc(/C=C2/C(=O)NC(=S)N(c3ccc(F)cc3)C2=O)cc(I)c1OCC(=O)Nc1ccccc1. The molecule has 3 amide bonds. The van der Waals surface area contributed by atoms with E-state index in [4.69, 9.17) is 21.7 Å². The molecule has 1 aliphatic heterocycles. The average molecular weight is 645 g/mol. The Kier molecular flexibility index (Phi) is 8.69. The van der Waals surface area contributed by atoms with Crippen molar-refractivity contribution in [3.05, 3.63) is 87.3 Å². The average Bonchev–Trinajstić information content (AvgIpc) is 2.88. The summed E-state index contributed by atoms with van der Waals surface area (Å²) < 4.78 is 25.5. The minimum atomic E-state index is -0.663. The van der Waals surface area contributed by atoms with E-state index in [1.165, 1.54) is 30.3 Å². The van der Waals surface area contributed by atoms with Crippen LogP contribution >= 0.6 is 34.8 Å². The maximum atomic E-state index is 13.4. The zero-order valence-corrected chi connectivity index (χ0v) is 23.0. The van der Waals surface area contributed by atoms with E-state index in [1.54, 1.807) is 31.2 Å². The van der Waals surface area contributed by atoms with Gasteiger partial charge in [-0.25, -0.2) is 4.39 Å². The third-order valence-electron chi connectivity index (χ3n) is 5.23. The van der Waals surface area contributed by atoms with Crippen molar-refractivity contribution in [2.45, 2.75) is 6.92 Å². The van der Waals surface area contributed by atoms with Gasteiger partial charge in [0.2, 0.25) is 0 Å². The predicted molar refractivity (Wildman–Crippen MR) is 153 cm³/mol. The number of hydrogen-bond acceptors (Lipinski definition) is 6. The summed E-state index contributed by atoms with van der Waals surface area (Å²) in [5.41, 5.74) is 1.28. The van der Waals surface area contributed by atoms with Gasteiger partial charge in [0, 0.05) is 5.69 Å². The maximum Gasteiger partial charge on any atom is 0.270 e. The molecular formula is C27H21FIN3O5S. The lowest BCUT2D eigenvalue weighted by Gasteiger charge is -2.29. The van der Waals surface area contributed by atoms with E-state index in [2.05, 4.69) is 10.6 Å². The van der Waals surface area contributed by atoms with Crippen molar-refractivity contribution >= 4 is 75.1 Å². The topological polar surface area (TPSA) is 97.0 Å². The molecule has 1 saturated heterocycles. The predicted octanol–water partition coefficient (Wildman–Crippen LogP) is 4.68. The highest BCUT2D eigenvalue weighted by Gasteiger charge is 2.34. The lowest BCUT2D eigenvalue weighted by molar-refractivity contribution is -0.122. The van der Waals surface area contributed by atoms with E-state index in [0.717, 1.165) is 4.90 Å². The van der Waals surface area contributed by atoms with Gasteiger partial charge < -0.3 is 14.8 Å². The van der Waals surface area contributed by atoms with Crippen LogP contribution in [0.25, 0.3) is 6.08 Å². The number of amides is 3. The number of carbonyl (C=O) groups excluding carboxylic acids is 3. The summed E-state index contributed by atoms with van der Waals surface area (Å²) in [5.74, 6) is -1.44. The number of nitrogens with one attached hydrogen (secondary N) is 2. The molecule has 0 aliphatic carbocycles. The third-order valence-corrected chi connectivity index (χ3v) is 6.32. The van der Waals surface area contributed by atoms with Crippen LogP contribution < -0.4 is 25.0 Å². The van der Waals surface area contributed by atoms with Gasteiger partial charge in [-0.15, -0.1) is 0 Å². The molecule has 2 N–H and O–H groups in total. The van der Waals surface area contributed by atoms with Gasteiger partial charge in [-0.2, -0.15) is 0 Å². The van der Waals surface area contributed by atoms with Crippen molar-refractivity contribution in [3.63, 3.8) is 0 Å². The zero-order valence-electron chi connectivity index (χ0n) is 20.0. The number of benzene rings is 3. The molecule has 8 nitrogen and oxygen atoms in total. The summed E-state index contributed by atoms with van der Waals surface area (Å²) in [6.07, 6.45) is 1.41. The molecule has 1 fully saturated rings. The maximum absolute atomic E-state index is 13.4. The fourth-order valence-electron chi connectivity index (χ4n) is 3.58. The molecule has 38 heavy (non-hydrogen) atoms. The number of carbonyl (C=O) groups is 3. The highest BCUT2D eigenvalue weighted by atomic mass is 127. The number of rotatable bonds is 8. The van der Waals surface area contributed by atoms with Crippen molar-refractivity contribution in [2.24, 2.45) is 0 Å². The molecule has 0 aromatic heterocycles. The summed E-state index contributed by atoms with van der Waals surface area (Å²) in [4.78, 5) is 39.4. The van der Waals surface area contributed by atoms with Crippen LogP contribution in [0.3, 0.4) is 0 Å². The number of para-hydroxylation sites is 1. The number of nitrogens with zero attached hydrogens (tertiary/aromatic N) is 1. The Morgan fingerprint density at radius 3 is 2.50 bits per heavy atom. The van der Waals surface area contributed by atoms with Crippen molar-refractivity contribution in [2.75, 3.05) is 23.4 Å². The molecule has 1 heterocycles. The smallest absolute Gasteiger partial charge is 0.270 e. The Bertz CT molecular complexity index is 1430. The van der Waals surface area contributed by atoms with Crippen LogP contribution in [-0.4, -0.2) is 36.0 Å². The van der Waals surface area contributed by atoms with Crippen molar-refractivity contribution < 1.29 is 28.2 Å². The molecule has 11 heteroatoms. The number of thiocarbonyl (C=S) groups is 1. The highest BCUT2D eigenvalue weighted by molar-refractivity contribution is 14.1. The van der Waals surface area contributed by atoms with Gasteiger partial charge in [-0.3, -0.25) is 24.6 Å². The van der Waals surface area contributed by atoms with Gasteiger partial charge in [-0.05, 0) is 102 Å². The van der Waals surface area contributed by atoms with Gasteiger partial charge in [0.15, 0.2) is 23.2 Å². The molecule has 194 valence electrons. The molecular weight excluding hydrogens is 624 g/mol. The molecule has 0 spiro atoms. The van der Waals surface area contributed by atoms with E-state index in [0.29, 0.717) is 38.6 Å². The minimum absolute atomic E-state index is 0.106. The molecule has 4 rings (SSSR count). The Labute approximate surface area is 236 Å². The van der Waals surface area contributed by atoms with Crippen LogP contribution in [0.4, 0.5) is 15.8 Å². The fraction of sp³-hybridized carbons (Fsp3) is 0.111. The first kappa shape index (κ1) is 27.2. The summed E-state index contributed by atoms with van der Waals surface area (Å²) in [7, 11) is 0. The summed E-state index contributed by atoms with van der Waals surface area (Å²) >= 11 is 7.21. The number of hydrogen-bond donors (Lipinski definition) is 2. The van der Waals surface area contributed by atoms with Crippen molar-refractivity contribution in [3.8, 4) is 11.5 Å². The second-order valence-corrected chi connectivity index (χ2v) is 9.45. The highest BCUT2D eigenvalue weighted by Crippen LogP contribution is 2.35. The van der Waals surface area contributed by atoms with Crippen LogP contribution in [-0.2, 0) is 14.4 Å². The molecule has 0 bridgehead atoms. The Hall–Kier alpha value is -3.84. The lowest BCUT2D eigenvalue weighted by Crippen LogP contribution is -2.54. The van der Waals surface area contributed by atoms with E-state index in [9.17, 15) is 18.8 Å². The van der Waals surface area contributed by atoms with Crippen LogP contribution in [0.2, 0.25) is 0 Å². The lowest BCUT2D eigenvalue weighted by atomic mass is 10.1. The van der Waals surface area contributed by atoms with Crippen molar-refractivity contribution in [1.82, 2.24) is 5.32 Å². The van der Waals surface area contributed by atoms with E-state index < -0.39 is 17.6 Å². The summed E-state index contributed by atoms with van der Waals surface area (Å²) in [6.45, 7) is 1.86. The minimum Gasteiger partial charge on any atom is -0.490 e. The van der Waals surface area contributed by atoms with E-state index >= 15 is 0 Å². The van der Waals surface area contributed by atoms with E-state index in [-0.39, 0.29) is 23.2 Å². The van der Waals surface area contributed by atoms with E-state index in [1.807, 2.05) is 40.8 Å². The zero-order chi connectivity index (χ0) is 27.2. The third kappa shape index (κ3) is 6.34. The monoisotopic (exact) mass is 645 g/mol. The largest absolute Gasteiger partial charge is 0.490 e. The molecule has 3 aromatic rings. The number of ether oxygens (including phenoxy) is 2. The molecule has 3 aromatic carbocycles. The summed E-state index contributed by atoms with van der Waals surface area (Å²) in [6, 6.07) is 17.5. The standard InChI is InChI=1S/C27H21FIN3O5S/c1-2-36-22-14-16(13-21(29)24(22)37-15-23(33)30-18-6-4-3-5-7-18)12-20-25(34)31-27(38)32(26(20)35)19-10-8-17(28)9-11-19/h3-14H,2,15H2,1H3,(H,30,33)(H,31,34,38)/b20-12-. The Balaban J connectivity index is 1.58. The van der Waals surface area contributed by atoms with Gasteiger partial charge in [0.25, 0.3) is 17.7 Å². The Morgan fingerprint density at radius 1 is 1.11 bits per heavy atom. The first-order chi connectivity index (χ1) is 18.3. The second-order valence-electron chi connectivity index (χ2n) is 7.90. The summed E-state index contributed by atoms with van der Waals surface area (Å²) in [5, 5.41) is 5.14. The molecule has 0 radical (unpaired) electrons. The normalized spacial score (nSPS) is 14.3. The van der Waals surface area contributed by atoms with Crippen molar-refractivity contribution in [1.29, 1.82) is 0 Å². The molecule has 0 atom stereocenters. The van der Waals surface area contributed by atoms with Gasteiger partial charge in [-0.1, -0.05) is 18.2 Å². The Morgan fingerprint density at radius 2 is 1.82 bits per heavy atom. The number of halogens is 2.